The Labute approximate surface area is 213 Å². The van der Waals surface area contributed by atoms with E-state index in [2.05, 4.69) is 31.4 Å². The molecular formula is C30H36N2O4. The largest absolute Gasteiger partial charge is 0.495 e. The number of carbonyl (C=O) groups is 2. The van der Waals surface area contributed by atoms with Crippen molar-refractivity contribution in [3.63, 3.8) is 0 Å². The molecule has 6 nitrogen and oxygen atoms in total. The van der Waals surface area contributed by atoms with Crippen molar-refractivity contribution in [2.24, 2.45) is 5.41 Å². The SMILES string of the molecule is CCCCOc1ccccc1C1C(C(=O)Nc2ccccc2OC)=C(C)NC2=C1C(=O)CC(C)(C)C2. The number of hydrogen-bond acceptors (Lipinski definition) is 5. The number of ether oxygens (including phenoxy) is 2. The Morgan fingerprint density at radius 1 is 1.08 bits per heavy atom. The van der Waals surface area contributed by atoms with Crippen LogP contribution in [-0.4, -0.2) is 25.4 Å². The summed E-state index contributed by atoms with van der Waals surface area (Å²) >= 11 is 0. The normalized spacial score (nSPS) is 18.9. The lowest BCUT2D eigenvalue weighted by Gasteiger charge is -2.40. The van der Waals surface area contributed by atoms with E-state index in [1.165, 1.54) is 0 Å². The first-order chi connectivity index (χ1) is 17.3. The summed E-state index contributed by atoms with van der Waals surface area (Å²) in [6.45, 7) is 8.82. The molecule has 1 aliphatic carbocycles. The number of amides is 1. The highest BCUT2D eigenvalue weighted by Crippen LogP contribution is 2.48. The quantitative estimate of drug-likeness (QED) is 0.438. The Balaban J connectivity index is 1.82. The van der Waals surface area contributed by atoms with Crippen molar-refractivity contribution < 1.29 is 19.1 Å². The van der Waals surface area contributed by atoms with E-state index in [0.717, 1.165) is 36.2 Å². The minimum Gasteiger partial charge on any atom is -0.495 e. The fourth-order valence-corrected chi connectivity index (χ4v) is 5.16. The van der Waals surface area contributed by atoms with Gasteiger partial charge in [-0.05, 0) is 43.4 Å². The number of anilines is 1. The van der Waals surface area contributed by atoms with Crippen molar-refractivity contribution in [3.8, 4) is 11.5 Å². The second-order valence-corrected chi connectivity index (χ2v) is 10.3. The number of methoxy groups -OCH3 is 1. The van der Waals surface area contributed by atoms with Gasteiger partial charge in [-0.2, -0.15) is 0 Å². The van der Waals surface area contributed by atoms with E-state index in [1.807, 2.05) is 43.3 Å². The van der Waals surface area contributed by atoms with Crippen molar-refractivity contribution in [2.45, 2.75) is 59.3 Å². The van der Waals surface area contributed by atoms with Crippen molar-refractivity contribution in [1.29, 1.82) is 0 Å². The molecule has 0 saturated heterocycles. The third kappa shape index (κ3) is 5.18. The predicted octanol–water partition coefficient (Wildman–Crippen LogP) is 6.12. The Morgan fingerprint density at radius 2 is 1.78 bits per heavy atom. The maximum Gasteiger partial charge on any atom is 0.254 e. The number of carbonyl (C=O) groups excluding carboxylic acids is 2. The van der Waals surface area contributed by atoms with Crippen molar-refractivity contribution >= 4 is 17.4 Å². The summed E-state index contributed by atoms with van der Waals surface area (Å²) in [4.78, 5) is 27.5. The number of dihydropyridines is 1. The van der Waals surface area contributed by atoms with E-state index in [-0.39, 0.29) is 17.1 Å². The van der Waals surface area contributed by atoms with Gasteiger partial charge in [0.15, 0.2) is 5.78 Å². The van der Waals surface area contributed by atoms with Gasteiger partial charge in [0, 0.05) is 34.5 Å². The average Bonchev–Trinajstić information content (AvgIpc) is 2.83. The Hall–Kier alpha value is -3.54. The zero-order chi connectivity index (χ0) is 25.9. The molecule has 1 atom stereocenters. The minimum absolute atomic E-state index is 0.0669. The molecule has 1 heterocycles. The van der Waals surface area contributed by atoms with Gasteiger partial charge in [-0.1, -0.05) is 57.5 Å². The zero-order valence-corrected chi connectivity index (χ0v) is 21.9. The number of benzene rings is 2. The van der Waals surface area contributed by atoms with Gasteiger partial charge in [-0.3, -0.25) is 9.59 Å². The van der Waals surface area contributed by atoms with Crippen LogP contribution in [0.4, 0.5) is 5.69 Å². The van der Waals surface area contributed by atoms with E-state index < -0.39 is 5.92 Å². The molecule has 0 aromatic heterocycles. The maximum absolute atomic E-state index is 13.9. The second-order valence-electron chi connectivity index (χ2n) is 10.3. The van der Waals surface area contributed by atoms with Crippen LogP contribution in [0.1, 0.15) is 64.9 Å². The summed E-state index contributed by atoms with van der Waals surface area (Å²) in [5.41, 5.74) is 4.07. The van der Waals surface area contributed by atoms with Gasteiger partial charge >= 0.3 is 0 Å². The summed E-state index contributed by atoms with van der Waals surface area (Å²) < 4.78 is 11.6. The summed E-state index contributed by atoms with van der Waals surface area (Å²) in [6, 6.07) is 15.1. The Morgan fingerprint density at radius 3 is 2.50 bits per heavy atom. The smallest absolute Gasteiger partial charge is 0.254 e. The number of unbranched alkanes of at least 4 members (excludes halogenated alkanes) is 1. The highest BCUT2D eigenvalue weighted by Gasteiger charge is 2.43. The van der Waals surface area contributed by atoms with Crippen LogP contribution in [0.25, 0.3) is 0 Å². The molecule has 6 heteroatoms. The summed E-state index contributed by atoms with van der Waals surface area (Å²) in [7, 11) is 1.57. The van der Waals surface area contributed by atoms with Crippen LogP contribution in [0, 0.1) is 5.41 Å². The molecule has 0 fully saturated rings. The number of allylic oxidation sites excluding steroid dienone is 3. The van der Waals surface area contributed by atoms with Gasteiger partial charge in [-0.15, -0.1) is 0 Å². The van der Waals surface area contributed by atoms with E-state index in [4.69, 9.17) is 9.47 Å². The molecule has 2 N–H and O–H groups in total. The Kier molecular flexibility index (Phi) is 7.53. The molecule has 2 aromatic rings. The fraction of sp³-hybridized carbons (Fsp3) is 0.400. The number of ketones is 1. The van der Waals surface area contributed by atoms with Gasteiger partial charge < -0.3 is 20.1 Å². The topological polar surface area (TPSA) is 76.7 Å². The van der Waals surface area contributed by atoms with E-state index in [0.29, 0.717) is 41.4 Å². The highest BCUT2D eigenvalue weighted by atomic mass is 16.5. The molecule has 0 radical (unpaired) electrons. The minimum atomic E-state index is -0.530. The molecule has 0 spiro atoms. The van der Waals surface area contributed by atoms with Crippen molar-refractivity contribution in [1.82, 2.24) is 5.32 Å². The van der Waals surface area contributed by atoms with Gasteiger partial charge in [0.05, 0.1) is 25.3 Å². The lowest BCUT2D eigenvalue weighted by molar-refractivity contribution is -0.118. The van der Waals surface area contributed by atoms with Gasteiger partial charge in [0.2, 0.25) is 0 Å². The summed E-state index contributed by atoms with van der Waals surface area (Å²) in [5.74, 6) is 0.539. The molecule has 2 aromatic carbocycles. The van der Waals surface area contributed by atoms with E-state index >= 15 is 0 Å². The predicted molar refractivity (Wildman–Crippen MR) is 142 cm³/mol. The van der Waals surface area contributed by atoms with Crippen LogP contribution in [-0.2, 0) is 9.59 Å². The number of hydrogen-bond donors (Lipinski definition) is 2. The van der Waals surface area contributed by atoms with E-state index in [1.54, 1.807) is 19.2 Å². The molecule has 1 aliphatic heterocycles. The standard InChI is InChI=1S/C30H36N2O4/c1-6-7-16-36-24-14-10-8-12-20(24)27-26(29(34)32-21-13-9-11-15-25(21)35-5)19(2)31-22-17-30(3,4)18-23(33)28(22)27/h8-15,27,31H,6-7,16-18H2,1-5H3,(H,32,34). The van der Waals surface area contributed by atoms with Crippen LogP contribution in [0.5, 0.6) is 11.5 Å². The molecule has 2 aliphatic rings. The molecule has 1 unspecified atom stereocenters. The second kappa shape index (κ2) is 10.6. The monoisotopic (exact) mass is 488 g/mol. The van der Waals surface area contributed by atoms with Gasteiger partial charge in [0.25, 0.3) is 5.91 Å². The average molecular weight is 489 g/mol. The zero-order valence-electron chi connectivity index (χ0n) is 21.9. The third-order valence-electron chi connectivity index (χ3n) is 6.82. The third-order valence-corrected chi connectivity index (χ3v) is 6.82. The van der Waals surface area contributed by atoms with E-state index in [9.17, 15) is 9.59 Å². The summed E-state index contributed by atoms with van der Waals surface area (Å²) in [5, 5.41) is 6.45. The lowest BCUT2D eigenvalue weighted by atomic mass is 9.68. The molecule has 1 amide bonds. The molecule has 0 bridgehead atoms. The summed E-state index contributed by atoms with van der Waals surface area (Å²) in [6.07, 6.45) is 3.12. The first-order valence-electron chi connectivity index (χ1n) is 12.7. The van der Waals surface area contributed by atoms with Gasteiger partial charge in [0.1, 0.15) is 11.5 Å². The van der Waals surface area contributed by atoms with Crippen molar-refractivity contribution in [3.05, 3.63) is 76.6 Å². The molecule has 4 rings (SSSR count). The van der Waals surface area contributed by atoms with Crippen LogP contribution < -0.4 is 20.1 Å². The lowest BCUT2D eigenvalue weighted by Crippen LogP contribution is -2.39. The van der Waals surface area contributed by atoms with Crippen LogP contribution in [0.2, 0.25) is 0 Å². The van der Waals surface area contributed by atoms with Crippen LogP contribution in [0.3, 0.4) is 0 Å². The first kappa shape index (κ1) is 25.5. The first-order valence-corrected chi connectivity index (χ1v) is 12.7. The molecule has 36 heavy (non-hydrogen) atoms. The molecule has 0 saturated carbocycles. The van der Waals surface area contributed by atoms with Gasteiger partial charge in [-0.25, -0.2) is 0 Å². The number of para-hydroxylation sites is 3. The number of rotatable bonds is 8. The molecule has 190 valence electrons. The highest BCUT2D eigenvalue weighted by molar-refractivity contribution is 6.10. The molecular weight excluding hydrogens is 452 g/mol. The van der Waals surface area contributed by atoms with Crippen molar-refractivity contribution in [2.75, 3.05) is 19.0 Å². The maximum atomic E-state index is 13.9. The Bertz CT molecular complexity index is 1220. The number of Topliss-reactive ketones (excluding diaryl/α,β-unsaturated/α-hetero) is 1. The fourth-order valence-electron chi connectivity index (χ4n) is 5.16. The number of nitrogens with one attached hydrogen (secondary N) is 2. The van der Waals surface area contributed by atoms with Crippen LogP contribution in [0.15, 0.2) is 71.1 Å². The van der Waals surface area contributed by atoms with Crippen LogP contribution >= 0.6 is 0 Å².